The third-order valence-electron chi connectivity index (χ3n) is 5.84. The molecule has 0 unspecified atom stereocenters. The molecule has 3 N–H and O–H groups in total. The fraction of sp³-hybridized carbons (Fsp3) is 0.154. The minimum atomic E-state index is -3.40. The molecule has 10 heteroatoms. The van der Waals surface area contributed by atoms with Gasteiger partial charge in [0.2, 0.25) is 10.0 Å². The summed E-state index contributed by atoms with van der Waals surface area (Å²) in [6.07, 6.45) is 1.55. The molecule has 0 aliphatic carbocycles. The molecule has 0 aromatic heterocycles. The Bertz CT molecular complexity index is 1470. The fourth-order valence-corrected chi connectivity index (χ4v) is 4.53. The molecule has 0 fully saturated rings. The van der Waals surface area contributed by atoms with Crippen LogP contribution in [0.15, 0.2) is 66.7 Å². The summed E-state index contributed by atoms with van der Waals surface area (Å²) in [7, 11) is -1.93. The predicted octanol–water partition coefficient (Wildman–Crippen LogP) is 4.69. The van der Waals surface area contributed by atoms with Crippen molar-refractivity contribution in [1.29, 1.82) is 0 Å². The van der Waals surface area contributed by atoms with Crippen LogP contribution in [0.4, 0.5) is 17.1 Å². The number of nitrogens with one attached hydrogen (secondary N) is 2. The average molecular weight is 526 g/mol. The van der Waals surface area contributed by atoms with Gasteiger partial charge in [-0.1, -0.05) is 41.9 Å². The van der Waals surface area contributed by atoms with Crippen LogP contribution in [0.1, 0.15) is 23.1 Å². The highest BCUT2D eigenvalue weighted by Crippen LogP contribution is 2.39. The maximum absolute atomic E-state index is 13.1. The number of fused-ring (bicyclic) bond motifs is 1. The molecule has 1 heterocycles. The van der Waals surface area contributed by atoms with Crippen LogP contribution < -0.4 is 14.9 Å². The van der Waals surface area contributed by atoms with Gasteiger partial charge in [-0.3, -0.25) is 13.9 Å². The number of rotatable bonds is 8. The number of carboxylic acids is 1. The van der Waals surface area contributed by atoms with Gasteiger partial charge in [0.1, 0.15) is 0 Å². The first-order valence-electron chi connectivity index (χ1n) is 11.0. The van der Waals surface area contributed by atoms with Gasteiger partial charge in [-0.05, 0) is 53.9 Å². The zero-order chi connectivity index (χ0) is 26.0. The van der Waals surface area contributed by atoms with E-state index in [0.29, 0.717) is 45.3 Å². The Morgan fingerprint density at radius 2 is 1.72 bits per heavy atom. The highest BCUT2D eigenvalue weighted by atomic mass is 35.5. The van der Waals surface area contributed by atoms with E-state index in [0.717, 1.165) is 17.4 Å². The largest absolute Gasteiger partial charge is 0.481 e. The van der Waals surface area contributed by atoms with Crippen molar-refractivity contribution in [3.63, 3.8) is 0 Å². The second-order valence-corrected chi connectivity index (χ2v) is 10.8. The Morgan fingerprint density at radius 3 is 2.33 bits per heavy atom. The molecule has 1 amide bonds. The first-order valence-corrected chi connectivity index (χ1v) is 13.2. The van der Waals surface area contributed by atoms with Crippen molar-refractivity contribution in [2.45, 2.75) is 12.8 Å². The minimum absolute atomic E-state index is 0.0242. The molecule has 0 spiro atoms. The first kappa shape index (κ1) is 25.3. The molecule has 0 bridgehead atoms. The number of halogens is 1. The van der Waals surface area contributed by atoms with Crippen LogP contribution in [0.5, 0.6) is 0 Å². The van der Waals surface area contributed by atoms with E-state index in [1.165, 1.54) is 11.4 Å². The molecule has 4 rings (SSSR count). The van der Waals surface area contributed by atoms with Gasteiger partial charge >= 0.3 is 5.97 Å². The molecule has 8 nitrogen and oxygen atoms in total. The number of benzene rings is 3. The van der Waals surface area contributed by atoms with Crippen LogP contribution in [0.2, 0.25) is 5.02 Å². The van der Waals surface area contributed by atoms with Crippen LogP contribution in [-0.2, 0) is 26.0 Å². The van der Waals surface area contributed by atoms with Crippen molar-refractivity contribution in [1.82, 2.24) is 0 Å². The standard InChI is InChI=1S/C26H24ClN3O5S/c1-30(36(2,34)35)20-11-9-19(10-12-20)28-25(17-6-3-16(4-7-17)5-14-23(31)32)24-21-13-8-18(27)15-22(21)29-26(24)33/h3-4,6-13,15,28H,5,14H2,1-2H3,(H,29,33)(H,31,32). The molecule has 0 atom stereocenters. The lowest BCUT2D eigenvalue weighted by Gasteiger charge is -2.18. The Balaban J connectivity index is 1.76. The van der Waals surface area contributed by atoms with E-state index in [2.05, 4.69) is 10.6 Å². The Hall–Kier alpha value is -3.82. The van der Waals surface area contributed by atoms with Gasteiger partial charge in [-0.25, -0.2) is 8.42 Å². The molecule has 3 aromatic rings. The molecule has 36 heavy (non-hydrogen) atoms. The van der Waals surface area contributed by atoms with E-state index in [4.69, 9.17) is 16.7 Å². The summed E-state index contributed by atoms with van der Waals surface area (Å²) in [6.45, 7) is 0. The van der Waals surface area contributed by atoms with E-state index in [9.17, 15) is 18.0 Å². The zero-order valence-corrected chi connectivity index (χ0v) is 21.2. The first-order chi connectivity index (χ1) is 17.0. The van der Waals surface area contributed by atoms with E-state index < -0.39 is 16.0 Å². The molecular formula is C26H24ClN3O5S. The maximum Gasteiger partial charge on any atom is 0.303 e. The number of hydrogen-bond acceptors (Lipinski definition) is 5. The van der Waals surface area contributed by atoms with Crippen LogP contribution in [-0.4, -0.2) is 38.7 Å². The fourth-order valence-electron chi connectivity index (χ4n) is 3.85. The van der Waals surface area contributed by atoms with Crippen molar-refractivity contribution in [2.75, 3.05) is 28.2 Å². The summed E-state index contributed by atoms with van der Waals surface area (Å²) in [5, 5.41) is 15.6. The van der Waals surface area contributed by atoms with E-state index >= 15 is 0 Å². The van der Waals surface area contributed by atoms with E-state index in [1.807, 2.05) is 24.3 Å². The summed E-state index contributed by atoms with van der Waals surface area (Å²) in [6, 6.07) is 19.3. The highest BCUT2D eigenvalue weighted by Gasteiger charge is 2.28. The number of carboxylic acid groups (broad SMARTS) is 1. The van der Waals surface area contributed by atoms with Crippen molar-refractivity contribution in [2.24, 2.45) is 0 Å². The van der Waals surface area contributed by atoms with Gasteiger partial charge in [0.25, 0.3) is 5.91 Å². The topological polar surface area (TPSA) is 116 Å². The normalized spacial score (nSPS) is 14.1. The summed E-state index contributed by atoms with van der Waals surface area (Å²) in [5.41, 5.74) is 4.99. The van der Waals surface area contributed by atoms with Crippen molar-refractivity contribution < 1.29 is 23.1 Å². The maximum atomic E-state index is 13.1. The zero-order valence-electron chi connectivity index (χ0n) is 19.6. The number of carbonyl (C=O) groups excluding carboxylic acids is 1. The molecule has 0 saturated heterocycles. The molecule has 1 aliphatic heterocycles. The quantitative estimate of drug-likeness (QED) is 0.368. The number of sulfonamides is 1. The van der Waals surface area contributed by atoms with Crippen molar-refractivity contribution >= 4 is 61.8 Å². The van der Waals surface area contributed by atoms with Crippen molar-refractivity contribution in [3.8, 4) is 0 Å². The Morgan fingerprint density at radius 1 is 1.06 bits per heavy atom. The second kappa shape index (κ2) is 10.0. The molecule has 0 radical (unpaired) electrons. The van der Waals surface area contributed by atoms with Crippen LogP contribution >= 0.6 is 11.6 Å². The SMILES string of the molecule is CN(c1ccc(NC(=C2C(=O)Nc3cc(Cl)ccc32)c2ccc(CCC(=O)O)cc2)cc1)S(C)(=O)=O. The molecule has 1 aliphatic rings. The molecule has 3 aromatic carbocycles. The summed E-state index contributed by atoms with van der Waals surface area (Å²) in [4.78, 5) is 24.0. The van der Waals surface area contributed by atoms with Crippen molar-refractivity contribution in [3.05, 3.63) is 88.4 Å². The predicted molar refractivity (Wildman–Crippen MR) is 143 cm³/mol. The number of anilines is 3. The molecular weight excluding hydrogens is 502 g/mol. The van der Waals surface area contributed by atoms with Crippen LogP contribution in [0, 0.1) is 0 Å². The summed E-state index contributed by atoms with van der Waals surface area (Å²) in [5.74, 6) is -1.16. The minimum Gasteiger partial charge on any atom is -0.481 e. The number of aliphatic carboxylic acids is 1. The van der Waals surface area contributed by atoms with Gasteiger partial charge in [0, 0.05) is 29.7 Å². The lowest BCUT2D eigenvalue weighted by Crippen LogP contribution is -2.24. The third kappa shape index (κ3) is 5.53. The van der Waals surface area contributed by atoms with Crippen LogP contribution in [0.3, 0.4) is 0 Å². The highest BCUT2D eigenvalue weighted by molar-refractivity contribution is 7.92. The lowest BCUT2D eigenvalue weighted by molar-refractivity contribution is -0.137. The lowest BCUT2D eigenvalue weighted by atomic mass is 9.98. The summed E-state index contributed by atoms with van der Waals surface area (Å²) >= 11 is 6.12. The number of nitrogens with zero attached hydrogens (tertiary/aromatic N) is 1. The van der Waals surface area contributed by atoms with Gasteiger partial charge in [0.15, 0.2) is 0 Å². The van der Waals surface area contributed by atoms with E-state index in [1.54, 1.807) is 42.5 Å². The van der Waals surface area contributed by atoms with Gasteiger partial charge in [-0.15, -0.1) is 0 Å². The number of carbonyl (C=O) groups is 2. The smallest absolute Gasteiger partial charge is 0.303 e. The number of hydrogen-bond donors (Lipinski definition) is 3. The monoisotopic (exact) mass is 525 g/mol. The number of amides is 1. The Kier molecular flexibility index (Phi) is 7.05. The summed E-state index contributed by atoms with van der Waals surface area (Å²) < 4.78 is 24.9. The van der Waals surface area contributed by atoms with Gasteiger partial charge in [0.05, 0.1) is 28.9 Å². The van der Waals surface area contributed by atoms with Gasteiger partial charge in [-0.2, -0.15) is 0 Å². The molecule has 186 valence electrons. The van der Waals surface area contributed by atoms with Gasteiger partial charge < -0.3 is 15.7 Å². The molecule has 0 saturated carbocycles. The van der Waals surface area contributed by atoms with E-state index in [-0.39, 0.29) is 12.3 Å². The Labute approximate surface area is 214 Å². The second-order valence-electron chi connectivity index (χ2n) is 8.39. The number of aryl methyl sites for hydroxylation is 1. The average Bonchev–Trinajstić information content (AvgIpc) is 3.15. The van der Waals surface area contributed by atoms with Crippen LogP contribution in [0.25, 0.3) is 11.3 Å². The third-order valence-corrected chi connectivity index (χ3v) is 7.28.